The third-order valence-electron chi connectivity index (χ3n) is 2.50. The van der Waals surface area contributed by atoms with Gasteiger partial charge in [0.2, 0.25) is 0 Å². The van der Waals surface area contributed by atoms with E-state index in [0.717, 1.165) is 6.42 Å². The first-order chi connectivity index (χ1) is 8.15. The zero-order valence-corrected chi connectivity index (χ0v) is 9.87. The largest absolute Gasteiger partial charge is 0.352 e. The molecule has 2 amide bonds. The molecular formula is C12H18FN3O. The molecule has 0 aliphatic heterocycles. The minimum Gasteiger partial charge on any atom is -0.352 e. The van der Waals surface area contributed by atoms with Gasteiger partial charge in [-0.15, -0.1) is 0 Å². The maximum atomic E-state index is 13.5. The van der Waals surface area contributed by atoms with Crippen LogP contribution >= 0.6 is 0 Å². The highest BCUT2D eigenvalue weighted by Crippen LogP contribution is 2.19. The van der Waals surface area contributed by atoms with Gasteiger partial charge in [-0.05, 0) is 12.5 Å². The van der Waals surface area contributed by atoms with E-state index in [-0.39, 0.29) is 11.9 Å². The average molecular weight is 239 g/mol. The number of benzene rings is 1. The van der Waals surface area contributed by atoms with Crippen LogP contribution in [0.5, 0.6) is 0 Å². The molecule has 0 radical (unpaired) electrons. The fraction of sp³-hybridized carbons (Fsp3) is 0.417. The van der Waals surface area contributed by atoms with Crippen LogP contribution in [0, 0.1) is 5.82 Å². The van der Waals surface area contributed by atoms with Crippen LogP contribution < -0.4 is 16.4 Å². The summed E-state index contributed by atoms with van der Waals surface area (Å²) in [4.78, 5) is 10.5. The molecule has 0 spiro atoms. The number of nitrogens with one attached hydrogen (secondary N) is 2. The van der Waals surface area contributed by atoms with Crippen molar-refractivity contribution in [3.05, 3.63) is 35.6 Å². The van der Waals surface area contributed by atoms with Gasteiger partial charge in [0, 0.05) is 24.7 Å². The predicted molar refractivity (Wildman–Crippen MR) is 65.0 cm³/mol. The monoisotopic (exact) mass is 239 g/mol. The van der Waals surface area contributed by atoms with E-state index in [0.29, 0.717) is 18.7 Å². The highest BCUT2D eigenvalue weighted by atomic mass is 19.1. The molecule has 1 aromatic rings. The fourth-order valence-corrected chi connectivity index (χ4v) is 1.66. The van der Waals surface area contributed by atoms with Gasteiger partial charge in [0.1, 0.15) is 5.82 Å². The molecule has 0 fully saturated rings. The number of amides is 2. The van der Waals surface area contributed by atoms with Crippen LogP contribution in [0.3, 0.4) is 0 Å². The molecule has 0 aromatic heterocycles. The molecule has 4 nitrogen and oxygen atoms in total. The molecule has 0 saturated carbocycles. The minimum atomic E-state index is -0.550. The molecule has 1 aromatic carbocycles. The lowest BCUT2D eigenvalue weighted by molar-refractivity contribution is 0.248. The molecular weight excluding hydrogens is 221 g/mol. The summed E-state index contributed by atoms with van der Waals surface area (Å²) >= 11 is 0. The number of carbonyl (C=O) groups is 1. The molecule has 1 atom stereocenters. The second-order valence-corrected chi connectivity index (χ2v) is 3.73. The Morgan fingerprint density at radius 1 is 1.41 bits per heavy atom. The molecule has 0 heterocycles. The first-order valence-electron chi connectivity index (χ1n) is 5.66. The quantitative estimate of drug-likeness (QED) is 0.659. The van der Waals surface area contributed by atoms with E-state index >= 15 is 0 Å². The Kier molecular flexibility index (Phi) is 5.42. The number of hydrogen-bond acceptors (Lipinski definition) is 2. The zero-order chi connectivity index (χ0) is 12.7. The van der Waals surface area contributed by atoms with Gasteiger partial charge in [0.25, 0.3) is 0 Å². The highest BCUT2D eigenvalue weighted by molar-refractivity contribution is 5.71. The topological polar surface area (TPSA) is 67.2 Å². The third kappa shape index (κ3) is 4.40. The lowest BCUT2D eigenvalue weighted by atomic mass is 10.0. The summed E-state index contributed by atoms with van der Waals surface area (Å²) in [7, 11) is 0. The van der Waals surface area contributed by atoms with Gasteiger partial charge in [0.15, 0.2) is 0 Å². The number of hydrogen-bond donors (Lipinski definition) is 3. The van der Waals surface area contributed by atoms with E-state index < -0.39 is 6.03 Å². The number of urea groups is 1. The summed E-state index contributed by atoms with van der Waals surface area (Å²) in [5, 5.41) is 5.65. The lowest BCUT2D eigenvalue weighted by Gasteiger charge is -2.18. The summed E-state index contributed by atoms with van der Waals surface area (Å²) in [6.07, 6.45) is 0.775. The summed E-state index contributed by atoms with van der Waals surface area (Å²) < 4.78 is 13.5. The van der Waals surface area contributed by atoms with Crippen molar-refractivity contribution in [2.24, 2.45) is 5.73 Å². The molecule has 4 N–H and O–H groups in total. The Bertz CT molecular complexity index is 371. The van der Waals surface area contributed by atoms with Crippen molar-refractivity contribution < 1.29 is 9.18 Å². The van der Waals surface area contributed by atoms with Crippen LogP contribution in [0.4, 0.5) is 9.18 Å². The van der Waals surface area contributed by atoms with E-state index in [4.69, 9.17) is 5.73 Å². The molecule has 0 aliphatic carbocycles. The van der Waals surface area contributed by atoms with E-state index in [1.165, 1.54) is 6.07 Å². The van der Waals surface area contributed by atoms with Gasteiger partial charge >= 0.3 is 6.03 Å². The molecule has 5 heteroatoms. The van der Waals surface area contributed by atoms with Crippen LogP contribution in [-0.2, 0) is 0 Å². The molecule has 0 bridgehead atoms. The van der Waals surface area contributed by atoms with Crippen molar-refractivity contribution in [2.75, 3.05) is 13.1 Å². The number of primary amides is 1. The molecule has 0 aliphatic rings. The molecule has 1 unspecified atom stereocenters. The Labute approximate surface area is 100 Å². The fourth-order valence-electron chi connectivity index (χ4n) is 1.66. The van der Waals surface area contributed by atoms with Gasteiger partial charge in [-0.25, -0.2) is 9.18 Å². The van der Waals surface area contributed by atoms with E-state index in [9.17, 15) is 9.18 Å². The number of nitrogens with two attached hydrogens (primary N) is 1. The summed E-state index contributed by atoms with van der Waals surface area (Å²) in [6, 6.07) is 6.08. The second-order valence-electron chi connectivity index (χ2n) is 3.73. The van der Waals surface area contributed by atoms with Gasteiger partial charge in [0.05, 0.1) is 0 Å². The van der Waals surface area contributed by atoms with Gasteiger partial charge in [-0.1, -0.05) is 25.1 Å². The van der Waals surface area contributed by atoms with Crippen LogP contribution in [0.2, 0.25) is 0 Å². The summed E-state index contributed by atoms with van der Waals surface area (Å²) in [5.74, 6) is -0.213. The molecule has 94 valence electrons. The summed E-state index contributed by atoms with van der Waals surface area (Å²) in [5.41, 5.74) is 5.59. The first-order valence-corrected chi connectivity index (χ1v) is 5.66. The van der Waals surface area contributed by atoms with Crippen molar-refractivity contribution >= 4 is 6.03 Å². The van der Waals surface area contributed by atoms with Gasteiger partial charge in [-0.3, -0.25) is 0 Å². The molecule has 0 saturated heterocycles. The Hall–Kier alpha value is -1.62. The number of halogens is 1. The molecule has 17 heavy (non-hydrogen) atoms. The van der Waals surface area contributed by atoms with Crippen LogP contribution in [0.15, 0.2) is 24.3 Å². The SMILES string of the molecule is CCC(NCCNC(N)=O)c1ccccc1F. The van der Waals surface area contributed by atoms with Crippen molar-refractivity contribution in [3.63, 3.8) is 0 Å². The van der Waals surface area contributed by atoms with E-state index in [1.807, 2.05) is 13.0 Å². The van der Waals surface area contributed by atoms with Crippen molar-refractivity contribution in [1.29, 1.82) is 0 Å². The Morgan fingerprint density at radius 2 is 2.12 bits per heavy atom. The highest BCUT2D eigenvalue weighted by Gasteiger charge is 2.12. The van der Waals surface area contributed by atoms with Crippen molar-refractivity contribution in [2.45, 2.75) is 19.4 Å². The zero-order valence-electron chi connectivity index (χ0n) is 9.87. The minimum absolute atomic E-state index is 0.0501. The number of rotatable bonds is 6. The second kappa shape index (κ2) is 6.85. The Balaban J connectivity index is 2.49. The van der Waals surface area contributed by atoms with Crippen LogP contribution in [0.25, 0.3) is 0 Å². The summed E-state index contributed by atoms with van der Waals surface area (Å²) in [6.45, 7) is 2.96. The molecule has 1 rings (SSSR count). The lowest BCUT2D eigenvalue weighted by Crippen LogP contribution is -2.36. The average Bonchev–Trinajstić information content (AvgIpc) is 2.30. The first kappa shape index (κ1) is 13.4. The third-order valence-corrected chi connectivity index (χ3v) is 2.50. The van der Waals surface area contributed by atoms with E-state index in [1.54, 1.807) is 12.1 Å². The van der Waals surface area contributed by atoms with Crippen LogP contribution in [0.1, 0.15) is 24.9 Å². The maximum Gasteiger partial charge on any atom is 0.312 e. The van der Waals surface area contributed by atoms with Gasteiger partial charge in [-0.2, -0.15) is 0 Å². The predicted octanol–water partition coefficient (Wildman–Crippen LogP) is 1.53. The van der Waals surface area contributed by atoms with E-state index in [2.05, 4.69) is 10.6 Å². The van der Waals surface area contributed by atoms with Crippen LogP contribution in [-0.4, -0.2) is 19.1 Å². The van der Waals surface area contributed by atoms with Crippen molar-refractivity contribution in [1.82, 2.24) is 10.6 Å². The normalized spacial score (nSPS) is 12.1. The smallest absolute Gasteiger partial charge is 0.312 e. The number of carbonyl (C=O) groups excluding carboxylic acids is 1. The van der Waals surface area contributed by atoms with Gasteiger partial charge < -0.3 is 16.4 Å². The Morgan fingerprint density at radius 3 is 2.71 bits per heavy atom. The standard InChI is InChI=1S/C12H18FN3O/c1-2-11(15-7-8-16-12(14)17)9-5-3-4-6-10(9)13/h3-6,11,15H,2,7-8H2,1H3,(H3,14,16,17). The van der Waals surface area contributed by atoms with Crippen molar-refractivity contribution in [3.8, 4) is 0 Å². The maximum absolute atomic E-state index is 13.5.